The molecule has 0 aromatic heterocycles. The van der Waals surface area contributed by atoms with Crippen LogP contribution in [0.2, 0.25) is 0 Å². The Balaban J connectivity index is 2.13. The average Bonchev–Trinajstić information content (AvgIpc) is 2.44. The van der Waals surface area contributed by atoms with E-state index in [1.54, 1.807) is 13.5 Å². The van der Waals surface area contributed by atoms with Gasteiger partial charge >= 0.3 is 6.09 Å². The second kappa shape index (κ2) is 7.04. The van der Waals surface area contributed by atoms with Crippen LogP contribution < -0.4 is 0 Å². The van der Waals surface area contributed by atoms with Gasteiger partial charge in [0.1, 0.15) is 5.60 Å². The number of amides is 1. The molecule has 2 aliphatic rings. The van der Waals surface area contributed by atoms with Gasteiger partial charge in [-0.05, 0) is 54.4 Å². The smallest absolute Gasteiger partial charge is 0.410 e. The first-order valence-electron chi connectivity index (χ1n) is 9.12. The van der Waals surface area contributed by atoms with Crippen molar-refractivity contribution in [2.24, 2.45) is 0 Å². The van der Waals surface area contributed by atoms with Gasteiger partial charge in [0.25, 0.3) is 10.2 Å². The van der Waals surface area contributed by atoms with Gasteiger partial charge in [-0.15, -0.1) is 0 Å². The normalized spacial score (nSPS) is 26.5. The maximum absolute atomic E-state index is 13.2. The Labute approximate surface area is 152 Å². The third-order valence-electron chi connectivity index (χ3n) is 4.79. The highest BCUT2D eigenvalue weighted by molar-refractivity contribution is 7.86. The molecule has 25 heavy (non-hydrogen) atoms. The SMILES string of the molecule is C[C@@H]1CCCCN1S(=O)(=O)N1CCN(C(=O)OC(C)(C)C)CC1(C)C. The molecule has 0 spiro atoms. The summed E-state index contributed by atoms with van der Waals surface area (Å²) in [7, 11) is -3.54. The molecule has 7 nitrogen and oxygen atoms in total. The van der Waals surface area contributed by atoms with Gasteiger partial charge in [-0.3, -0.25) is 0 Å². The number of carbonyl (C=O) groups excluding carboxylic acids is 1. The van der Waals surface area contributed by atoms with E-state index in [1.165, 1.54) is 0 Å². The molecule has 2 rings (SSSR count). The molecule has 0 saturated carbocycles. The number of carbonyl (C=O) groups is 1. The van der Waals surface area contributed by atoms with Crippen LogP contribution in [0.15, 0.2) is 0 Å². The lowest BCUT2D eigenvalue weighted by atomic mass is 10.0. The van der Waals surface area contributed by atoms with E-state index in [2.05, 4.69) is 0 Å². The minimum absolute atomic E-state index is 0.0263. The van der Waals surface area contributed by atoms with Crippen molar-refractivity contribution in [2.45, 2.75) is 78.0 Å². The molecule has 2 heterocycles. The molecule has 2 saturated heterocycles. The number of hydrogen-bond acceptors (Lipinski definition) is 4. The fraction of sp³-hybridized carbons (Fsp3) is 0.941. The zero-order valence-electron chi connectivity index (χ0n) is 16.4. The molecule has 8 heteroatoms. The summed E-state index contributed by atoms with van der Waals surface area (Å²) >= 11 is 0. The molecule has 0 bridgehead atoms. The zero-order chi connectivity index (χ0) is 19.0. The molecule has 0 unspecified atom stereocenters. The van der Waals surface area contributed by atoms with Crippen molar-refractivity contribution in [3.63, 3.8) is 0 Å². The molecule has 0 aromatic carbocycles. The first kappa shape index (κ1) is 20.5. The van der Waals surface area contributed by atoms with Crippen LogP contribution >= 0.6 is 0 Å². The summed E-state index contributed by atoms with van der Waals surface area (Å²) in [6.07, 6.45) is 2.49. The number of piperazine rings is 1. The molecule has 1 amide bonds. The standard InChI is InChI=1S/C17H33N3O4S/c1-14-9-7-8-10-19(14)25(22,23)20-12-11-18(13-17(20,5)6)15(21)24-16(2,3)4/h14H,7-13H2,1-6H3/t14-/m1/s1. The molecule has 2 aliphatic heterocycles. The second-order valence-corrected chi connectivity index (χ2v) is 10.6. The van der Waals surface area contributed by atoms with E-state index < -0.39 is 21.3 Å². The molecule has 0 radical (unpaired) electrons. The largest absolute Gasteiger partial charge is 0.444 e. The summed E-state index contributed by atoms with van der Waals surface area (Å²) in [5, 5.41) is 0. The number of hydrogen-bond donors (Lipinski definition) is 0. The van der Waals surface area contributed by atoms with E-state index in [4.69, 9.17) is 4.74 Å². The van der Waals surface area contributed by atoms with E-state index in [1.807, 2.05) is 41.5 Å². The number of piperidine rings is 1. The Morgan fingerprint density at radius 1 is 1.12 bits per heavy atom. The molecule has 0 aromatic rings. The van der Waals surface area contributed by atoms with E-state index >= 15 is 0 Å². The van der Waals surface area contributed by atoms with E-state index in [9.17, 15) is 13.2 Å². The van der Waals surface area contributed by atoms with Gasteiger partial charge < -0.3 is 9.64 Å². The average molecular weight is 376 g/mol. The van der Waals surface area contributed by atoms with Crippen molar-refractivity contribution in [3.8, 4) is 0 Å². The third kappa shape index (κ3) is 4.65. The maximum Gasteiger partial charge on any atom is 0.410 e. The van der Waals surface area contributed by atoms with Gasteiger partial charge in [-0.25, -0.2) is 4.79 Å². The molecular weight excluding hydrogens is 342 g/mol. The summed E-state index contributed by atoms with van der Waals surface area (Å²) < 4.78 is 35.0. The highest BCUT2D eigenvalue weighted by Gasteiger charge is 2.46. The lowest BCUT2D eigenvalue weighted by Gasteiger charge is -2.48. The lowest BCUT2D eigenvalue weighted by molar-refractivity contribution is 0.00217. The summed E-state index contributed by atoms with van der Waals surface area (Å²) in [6.45, 7) is 12.7. The predicted molar refractivity (Wildman–Crippen MR) is 97.5 cm³/mol. The van der Waals surface area contributed by atoms with E-state index in [0.29, 0.717) is 19.6 Å². The van der Waals surface area contributed by atoms with Gasteiger partial charge in [-0.2, -0.15) is 17.0 Å². The summed E-state index contributed by atoms with van der Waals surface area (Å²) in [5.74, 6) is 0. The van der Waals surface area contributed by atoms with Gasteiger partial charge in [0.15, 0.2) is 0 Å². The predicted octanol–water partition coefficient (Wildman–Crippen LogP) is 2.44. The number of nitrogens with zero attached hydrogens (tertiary/aromatic N) is 3. The topological polar surface area (TPSA) is 70.2 Å². The van der Waals surface area contributed by atoms with Crippen molar-refractivity contribution in [2.75, 3.05) is 26.2 Å². The number of ether oxygens (including phenoxy) is 1. The first-order valence-corrected chi connectivity index (χ1v) is 10.5. The highest BCUT2D eigenvalue weighted by Crippen LogP contribution is 2.30. The zero-order valence-corrected chi connectivity index (χ0v) is 17.2. The second-order valence-electron chi connectivity index (χ2n) is 8.75. The van der Waals surface area contributed by atoms with Crippen molar-refractivity contribution in [1.82, 2.24) is 13.5 Å². The Morgan fingerprint density at radius 2 is 1.76 bits per heavy atom. The van der Waals surface area contributed by atoms with Crippen LogP contribution in [-0.2, 0) is 14.9 Å². The van der Waals surface area contributed by atoms with Crippen molar-refractivity contribution in [3.05, 3.63) is 0 Å². The fourth-order valence-corrected chi connectivity index (χ4v) is 5.76. The third-order valence-corrected chi connectivity index (χ3v) is 7.16. The van der Waals surface area contributed by atoms with Crippen LogP contribution in [0.4, 0.5) is 4.79 Å². The molecule has 2 fully saturated rings. The van der Waals surface area contributed by atoms with Crippen molar-refractivity contribution < 1.29 is 17.9 Å². The van der Waals surface area contributed by atoms with Crippen molar-refractivity contribution in [1.29, 1.82) is 0 Å². The van der Waals surface area contributed by atoms with Gasteiger partial charge in [0.2, 0.25) is 0 Å². The maximum atomic E-state index is 13.2. The Kier molecular flexibility index (Phi) is 5.76. The monoisotopic (exact) mass is 375 g/mol. The van der Waals surface area contributed by atoms with E-state index in [-0.39, 0.29) is 18.7 Å². The molecule has 0 N–H and O–H groups in total. The van der Waals surface area contributed by atoms with Gasteiger partial charge in [-0.1, -0.05) is 6.42 Å². The Hall–Kier alpha value is -0.860. The summed E-state index contributed by atoms with van der Waals surface area (Å²) in [4.78, 5) is 13.9. The van der Waals surface area contributed by atoms with Gasteiger partial charge in [0.05, 0.1) is 0 Å². The molecular formula is C17H33N3O4S. The quantitative estimate of drug-likeness (QED) is 0.743. The van der Waals surface area contributed by atoms with Crippen LogP contribution in [0.5, 0.6) is 0 Å². The van der Waals surface area contributed by atoms with Gasteiger partial charge in [0, 0.05) is 37.8 Å². The summed E-state index contributed by atoms with van der Waals surface area (Å²) in [6, 6.07) is 0.0263. The fourth-order valence-electron chi connectivity index (χ4n) is 3.59. The van der Waals surface area contributed by atoms with Crippen LogP contribution in [0.25, 0.3) is 0 Å². The van der Waals surface area contributed by atoms with E-state index in [0.717, 1.165) is 19.3 Å². The molecule has 1 atom stereocenters. The van der Waals surface area contributed by atoms with Crippen LogP contribution in [0.3, 0.4) is 0 Å². The Morgan fingerprint density at radius 3 is 2.28 bits per heavy atom. The summed E-state index contributed by atoms with van der Waals surface area (Å²) in [5.41, 5.74) is -1.24. The first-order chi connectivity index (χ1) is 11.3. The lowest BCUT2D eigenvalue weighted by Crippen LogP contribution is -2.65. The minimum Gasteiger partial charge on any atom is -0.444 e. The van der Waals surface area contributed by atoms with Crippen LogP contribution in [0, 0.1) is 0 Å². The number of rotatable bonds is 2. The molecule has 0 aliphatic carbocycles. The van der Waals surface area contributed by atoms with Crippen LogP contribution in [0.1, 0.15) is 60.8 Å². The highest BCUT2D eigenvalue weighted by atomic mass is 32.2. The minimum atomic E-state index is -3.54. The Bertz CT molecular complexity index is 598. The van der Waals surface area contributed by atoms with Crippen molar-refractivity contribution >= 4 is 16.3 Å². The van der Waals surface area contributed by atoms with Crippen LogP contribution in [-0.4, -0.2) is 71.4 Å². The molecule has 146 valence electrons.